The van der Waals surface area contributed by atoms with Crippen LogP contribution in [0.5, 0.6) is 0 Å². The minimum atomic E-state index is -0.574. The van der Waals surface area contributed by atoms with Gasteiger partial charge in [0.2, 0.25) is 0 Å². The number of amides is 2. The van der Waals surface area contributed by atoms with Gasteiger partial charge in [0.15, 0.2) is 0 Å². The first-order valence-corrected chi connectivity index (χ1v) is 6.40. The lowest BCUT2D eigenvalue weighted by molar-refractivity contribution is -0.384. The first kappa shape index (κ1) is 15.2. The lowest BCUT2D eigenvalue weighted by Crippen LogP contribution is -2.21. The van der Waals surface area contributed by atoms with Gasteiger partial charge >= 0.3 is 0 Å². The number of anilines is 1. The first-order chi connectivity index (χ1) is 10.5. The molecule has 22 heavy (non-hydrogen) atoms. The number of carbonyl (C=O) groups excluding carboxylic acids is 2. The van der Waals surface area contributed by atoms with Crippen LogP contribution in [0, 0.1) is 10.1 Å². The van der Waals surface area contributed by atoms with Crippen LogP contribution >= 0.6 is 0 Å². The van der Waals surface area contributed by atoms with Gasteiger partial charge in [-0.1, -0.05) is 18.2 Å². The highest BCUT2D eigenvalue weighted by molar-refractivity contribution is 6.09. The number of benzene rings is 2. The number of carbonyl (C=O) groups is 2. The van der Waals surface area contributed by atoms with Crippen molar-refractivity contribution in [2.45, 2.75) is 0 Å². The van der Waals surface area contributed by atoms with E-state index in [1.54, 1.807) is 24.3 Å². The molecule has 0 aromatic heterocycles. The van der Waals surface area contributed by atoms with Crippen molar-refractivity contribution >= 4 is 23.2 Å². The molecule has 0 spiro atoms. The molecule has 0 saturated heterocycles. The molecule has 7 nitrogen and oxygen atoms in total. The van der Waals surface area contributed by atoms with E-state index in [4.69, 9.17) is 0 Å². The van der Waals surface area contributed by atoms with Gasteiger partial charge in [0.05, 0.1) is 16.2 Å². The van der Waals surface area contributed by atoms with Gasteiger partial charge in [0, 0.05) is 24.7 Å². The second-order valence-corrected chi connectivity index (χ2v) is 4.39. The van der Waals surface area contributed by atoms with Crippen LogP contribution in [-0.4, -0.2) is 23.8 Å². The maximum absolute atomic E-state index is 12.2. The Labute approximate surface area is 126 Å². The zero-order chi connectivity index (χ0) is 16.1. The Hall–Kier alpha value is -3.22. The van der Waals surface area contributed by atoms with Gasteiger partial charge < -0.3 is 10.6 Å². The number of nitrogens with zero attached hydrogens (tertiary/aromatic N) is 1. The molecule has 2 aromatic carbocycles. The standard InChI is InChI=1S/C15H13N3O4/c1-16-15(20)12-7-2-3-8-13(12)17-14(19)10-5-4-6-11(9-10)18(21)22/h2-9H,1H3,(H,16,20)(H,17,19). The molecule has 0 atom stereocenters. The Bertz CT molecular complexity index is 743. The molecule has 2 N–H and O–H groups in total. The Morgan fingerprint density at radius 2 is 1.77 bits per heavy atom. The Morgan fingerprint density at radius 1 is 1.05 bits per heavy atom. The van der Waals surface area contributed by atoms with Crippen LogP contribution in [0.25, 0.3) is 0 Å². The highest BCUT2D eigenvalue weighted by Crippen LogP contribution is 2.18. The average molecular weight is 299 g/mol. The van der Waals surface area contributed by atoms with Gasteiger partial charge in [-0.3, -0.25) is 19.7 Å². The molecule has 0 radical (unpaired) electrons. The van der Waals surface area contributed by atoms with Gasteiger partial charge in [-0.15, -0.1) is 0 Å². The third-order valence-electron chi connectivity index (χ3n) is 2.97. The lowest BCUT2D eigenvalue weighted by Gasteiger charge is -2.10. The number of nitro benzene ring substituents is 1. The zero-order valence-corrected chi connectivity index (χ0v) is 11.7. The highest BCUT2D eigenvalue weighted by Gasteiger charge is 2.15. The smallest absolute Gasteiger partial charge is 0.270 e. The molecule has 0 saturated carbocycles. The van der Waals surface area contributed by atoms with E-state index in [1.165, 1.54) is 31.3 Å². The lowest BCUT2D eigenvalue weighted by atomic mass is 10.1. The van der Waals surface area contributed by atoms with Crippen molar-refractivity contribution in [3.63, 3.8) is 0 Å². The molecule has 0 unspecified atom stereocenters. The molecule has 0 aliphatic rings. The van der Waals surface area contributed by atoms with Gasteiger partial charge in [-0.25, -0.2) is 0 Å². The summed E-state index contributed by atoms with van der Waals surface area (Å²) in [5.74, 6) is -0.866. The van der Waals surface area contributed by atoms with Crippen LogP contribution in [0.2, 0.25) is 0 Å². The molecule has 0 bridgehead atoms. The third kappa shape index (κ3) is 3.26. The van der Waals surface area contributed by atoms with Gasteiger partial charge in [-0.05, 0) is 18.2 Å². The van der Waals surface area contributed by atoms with Gasteiger partial charge in [0.1, 0.15) is 0 Å². The molecule has 0 aliphatic heterocycles. The topological polar surface area (TPSA) is 101 Å². The van der Waals surface area contributed by atoms with E-state index < -0.39 is 10.8 Å². The summed E-state index contributed by atoms with van der Waals surface area (Å²) < 4.78 is 0. The van der Waals surface area contributed by atoms with Crippen molar-refractivity contribution in [2.24, 2.45) is 0 Å². The summed E-state index contributed by atoms with van der Waals surface area (Å²) in [7, 11) is 1.49. The molecular weight excluding hydrogens is 286 g/mol. The number of para-hydroxylation sites is 1. The normalized spacial score (nSPS) is 9.86. The number of nitro groups is 1. The maximum Gasteiger partial charge on any atom is 0.270 e. The maximum atomic E-state index is 12.2. The van der Waals surface area contributed by atoms with E-state index >= 15 is 0 Å². The minimum Gasteiger partial charge on any atom is -0.355 e. The van der Waals surface area contributed by atoms with E-state index in [0.717, 1.165) is 0 Å². The zero-order valence-electron chi connectivity index (χ0n) is 11.7. The molecule has 0 aliphatic carbocycles. The molecule has 2 rings (SSSR count). The summed E-state index contributed by atoms with van der Waals surface area (Å²) in [5, 5.41) is 15.8. The van der Waals surface area contributed by atoms with Crippen molar-refractivity contribution in [2.75, 3.05) is 12.4 Å². The predicted octanol–water partition coefficient (Wildman–Crippen LogP) is 2.21. The fraction of sp³-hybridized carbons (Fsp3) is 0.0667. The molecule has 2 amide bonds. The summed E-state index contributed by atoms with van der Waals surface area (Å²) in [4.78, 5) is 34.1. The van der Waals surface area contributed by atoms with Crippen LogP contribution in [0.4, 0.5) is 11.4 Å². The Morgan fingerprint density at radius 3 is 2.45 bits per heavy atom. The molecular formula is C15H13N3O4. The predicted molar refractivity (Wildman–Crippen MR) is 80.9 cm³/mol. The fourth-order valence-electron chi connectivity index (χ4n) is 1.88. The van der Waals surface area contributed by atoms with Crippen molar-refractivity contribution in [3.05, 3.63) is 69.8 Å². The Kier molecular flexibility index (Phi) is 4.47. The number of hydrogen-bond acceptors (Lipinski definition) is 4. The monoisotopic (exact) mass is 299 g/mol. The molecule has 112 valence electrons. The summed E-state index contributed by atoms with van der Waals surface area (Å²) in [6.45, 7) is 0. The second kappa shape index (κ2) is 6.49. The summed E-state index contributed by atoms with van der Waals surface area (Å²) in [5.41, 5.74) is 0.607. The highest BCUT2D eigenvalue weighted by atomic mass is 16.6. The number of rotatable bonds is 4. The summed E-state index contributed by atoms with van der Waals surface area (Å²) in [6, 6.07) is 11.9. The van der Waals surface area contributed by atoms with E-state index in [1.807, 2.05) is 0 Å². The van der Waals surface area contributed by atoms with Gasteiger partial charge in [0.25, 0.3) is 17.5 Å². The van der Waals surface area contributed by atoms with Crippen LogP contribution in [0.1, 0.15) is 20.7 Å². The number of nitrogens with one attached hydrogen (secondary N) is 2. The SMILES string of the molecule is CNC(=O)c1ccccc1NC(=O)c1cccc([N+](=O)[O-])c1. The van der Waals surface area contributed by atoms with E-state index in [2.05, 4.69) is 10.6 Å². The van der Waals surface area contributed by atoms with Crippen molar-refractivity contribution in [1.82, 2.24) is 5.32 Å². The Balaban J connectivity index is 2.28. The van der Waals surface area contributed by atoms with Gasteiger partial charge in [-0.2, -0.15) is 0 Å². The van der Waals surface area contributed by atoms with Crippen molar-refractivity contribution in [3.8, 4) is 0 Å². The molecule has 7 heteroatoms. The number of hydrogen-bond donors (Lipinski definition) is 2. The molecule has 2 aromatic rings. The van der Waals surface area contributed by atoms with Crippen LogP contribution in [0.15, 0.2) is 48.5 Å². The quantitative estimate of drug-likeness (QED) is 0.667. The number of non-ortho nitro benzene ring substituents is 1. The first-order valence-electron chi connectivity index (χ1n) is 6.40. The van der Waals surface area contributed by atoms with Crippen LogP contribution in [0.3, 0.4) is 0 Å². The largest absolute Gasteiger partial charge is 0.355 e. The molecule has 0 heterocycles. The minimum absolute atomic E-state index is 0.140. The van der Waals surface area contributed by atoms with E-state index in [9.17, 15) is 19.7 Å². The molecule has 0 fully saturated rings. The van der Waals surface area contributed by atoms with E-state index in [-0.39, 0.29) is 17.2 Å². The summed E-state index contributed by atoms with van der Waals surface area (Å²) >= 11 is 0. The average Bonchev–Trinajstić information content (AvgIpc) is 2.54. The fourth-order valence-corrected chi connectivity index (χ4v) is 1.88. The van der Waals surface area contributed by atoms with Crippen molar-refractivity contribution < 1.29 is 14.5 Å². The second-order valence-electron chi connectivity index (χ2n) is 4.39. The van der Waals surface area contributed by atoms with E-state index in [0.29, 0.717) is 11.3 Å². The van der Waals surface area contributed by atoms with Crippen molar-refractivity contribution in [1.29, 1.82) is 0 Å². The summed E-state index contributed by atoms with van der Waals surface area (Å²) in [6.07, 6.45) is 0. The van der Waals surface area contributed by atoms with Crippen LogP contribution < -0.4 is 10.6 Å². The van der Waals surface area contributed by atoms with Crippen LogP contribution in [-0.2, 0) is 0 Å². The third-order valence-corrected chi connectivity index (χ3v) is 2.97.